The fourth-order valence-corrected chi connectivity index (χ4v) is 2.00. The zero-order chi connectivity index (χ0) is 16.7. The van der Waals surface area contributed by atoms with Crippen LogP contribution >= 0.6 is 24.0 Å². The van der Waals surface area contributed by atoms with Crippen molar-refractivity contribution in [3.8, 4) is 5.75 Å². The molecule has 0 aliphatic rings. The van der Waals surface area contributed by atoms with Crippen LogP contribution in [0.3, 0.4) is 0 Å². The Hall–Kier alpha value is -1.77. The van der Waals surface area contributed by atoms with E-state index in [1.54, 1.807) is 14.2 Å². The van der Waals surface area contributed by atoms with E-state index in [4.69, 9.17) is 9.26 Å². The van der Waals surface area contributed by atoms with Crippen LogP contribution in [0.5, 0.6) is 5.75 Å². The lowest BCUT2D eigenvalue weighted by molar-refractivity contribution is 0.372. The summed E-state index contributed by atoms with van der Waals surface area (Å²) in [5.74, 6) is 2.71. The molecule has 2 rings (SSSR count). The average molecular weight is 444 g/mol. The van der Waals surface area contributed by atoms with Crippen LogP contribution in [0, 0.1) is 0 Å². The summed E-state index contributed by atoms with van der Waals surface area (Å²) in [6, 6.07) is 9.88. The summed E-state index contributed by atoms with van der Waals surface area (Å²) in [7, 11) is 3.40. The van der Waals surface area contributed by atoms with Gasteiger partial charge in [0.25, 0.3) is 0 Å². The van der Waals surface area contributed by atoms with Gasteiger partial charge < -0.3 is 19.9 Å². The average Bonchev–Trinajstić information content (AvgIpc) is 3.05. The van der Waals surface area contributed by atoms with E-state index in [2.05, 4.69) is 34.6 Å². The van der Waals surface area contributed by atoms with Gasteiger partial charge in [-0.05, 0) is 23.6 Å². The number of ether oxygens (including phenoxy) is 1. The second-order valence-electron chi connectivity index (χ2n) is 5.50. The Balaban J connectivity index is 0.00000288. The van der Waals surface area contributed by atoms with Crippen molar-refractivity contribution in [2.45, 2.75) is 32.9 Å². The molecule has 0 aliphatic carbocycles. The number of guanidine groups is 1. The van der Waals surface area contributed by atoms with Gasteiger partial charge in [0.2, 0.25) is 0 Å². The molecular weight excluding hydrogens is 419 g/mol. The van der Waals surface area contributed by atoms with Crippen molar-refractivity contribution in [2.75, 3.05) is 14.2 Å². The molecule has 1 heterocycles. The first kappa shape index (κ1) is 20.3. The molecule has 2 aromatic rings. The molecule has 0 atom stereocenters. The van der Waals surface area contributed by atoms with Crippen molar-refractivity contribution in [1.29, 1.82) is 0 Å². The molecule has 0 aliphatic heterocycles. The molecule has 0 bridgehead atoms. The quantitative estimate of drug-likeness (QED) is 0.407. The van der Waals surface area contributed by atoms with E-state index >= 15 is 0 Å². The maximum absolute atomic E-state index is 5.30. The fraction of sp³-hybridized carbons (Fsp3) is 0.412. The normalized spacial score (nSPS) is 11.1. The van der Waals surface area contributed by atoms with Crippen LogP contribution in [-0.2, 0) is 13.1 Å². The second kappa shape index (κ2) is 10.2. The summed E-state index contributed by atoms with van der Waals surface area (Å²) in [4.78, 5) is 4.20. The number of rotatable bonds is 6. The number of aromatic nitrogens is 1. The Morgan fingerprint density at radius 2 is 1.88 bits per heavy atom. The zero-order valence-electron chi connectivity index (χ0n) is 14.5. The molecule has 2 N–H and O–H groups in total. The van der Waals surface area contributed by atoms with Crippen molar-refractivity contribution >= 4 is 29.9 Å². The SMILES string of the molecule is CN=C(NCc1ccc(OC)cc1)NCc1cc(C(C)C)no1.I. The highest BCUT2D eigenvalue weighted by atomic mass is 127. The zero-order valence-corrected chi connectivity index (χ0v) is 16.8. The number of halogens is 1. The fourth-order valence-electron chi connectivity index (χ4n) is 2.00. The minimum atomic E-state index is 0. The first-order valence-electron chi connectivity index (χ1n) is 7.65. The Kier molecular flexibility index (Phi) is 8.59. The molecule has 0 radical (unpaired) electrons. The lowest BCUT2D eigenvalue weighted by Gasteiger charge is -2.11. The number of hydrogen-bond acceptors (Lipinski definition) is 4. The molecule has 0 fully saturated rings. The summed E-state index contributed by atoms with van der Waals surface area (Å²) in [6.07, 6.45) is 0. The molecule has 24 heavy (non-hydrogen) atoms. The predicted octanol–water partition coefficient (Wildman–Crippen LogP) is 3.29. The molecule has 7 heteroatoms. The lowest BCUT2D eigenvalue weighted by atomic mass is 10.1. The molecule has 1 aromatic heterocycles. The molecule has 6 nitrogen and oxygen atoms in total. The van der Waals surface area contributed by atoms with Crippen LogP contribution in [0.1, 0.15) is 36.8 Å². The van der Waals surface area contributed by atoms with Gasteiger partial charge in [0.1, 0.15) is 5.75 Å². The van der Waals surface area contributed by atoms with E-state index in [-0.39, 0.29) is 24.0 Å². The third kappa shape index (κ3) is 6.03. The van der Waals surface area contributed by atoms with E-state index in [0.29, 0.717) is 25.0 Å². The second-order valence-corrected chi connectivity index (χ2v) is 5.50. The van der Waals surface area contributed by atoms with Gasteiger partial charge in [-0.1, -0.05) is 31.1 Å². The number of methoxy groups -OCH3 is 1. The van der Waals surface area contributed by atoms with Gasteiger partial charge in [0.15, 0.2) is 11.7 Å². The maximum Gasteiger partial charge on any atom is 0.191 e. The third-order valence-corrected chi connectivity index (χ3v) is 3.44. The highest BCUT2D eigenvalue weighted by Crippen LogP contribution is 2.14. The van der Waals surface area contributed by atoms with Crippen LogP contribution in [0.25, 0.3) is 0 Å². The number of nitrogens with one attached hydrogen (secondary N) is 2. The summed E-state index contributed by atoms with van der Waals surface area (Å²) in [5.41, 5.74) is 2.11. The number of aliphatic imine (C=N–C) groups is 1. The largest absolute Gasteiger partial charge is 0.497 e. The summed E-state index contributed by atoms with van der Waals surface area (Å²) < 4.78 is 10.4. The van der Waals surface area contributed by atoms with Crippen molar-refractivity contribution in [3.63, 3.8) is 0 Å². The molecule has 0 saturated heterocycles. The summed E-state index contributed by atoms with van der Waals surface area (Å²) in [6.45, 7) is 5.40. The lowest BCUT2D eigenvalue weighted by Crippen LogP contribution is -2.36. The molecule has 0 saturated carbocycles. The van der Waals surface area contributed by atoms with Crippen LogP contribution in [0.15, 0.2) is 39.8 Å². The van der Waals surface area contributed by atoms with Gasteiger partial charge in [-0.2, -0.15) is 0 Å². The molecule has 132 valence electrons. The standard InChI is InChI=1S/C17H24N4O2.HI/c1-12(2)16-9-15(23-21-16)11-20-17(18-3)19-10-13-5-7-14(22-4)8-6-13;/h5-9,12H,10-11H2,1-4H3,(H2,18,19,20);1H. The topological polar surface area (TPSA) is 71.7 Å². The highest BCUT2D eigenvalue weighted by Gasteiger charge is 2.08. The van der Waals surface area contributed by atoms with Crippen molar-refractivity contribution < 1.29 is 9.26 Å². The molecule has 0 amide bonds. The summed E-state index contributed by atoms with van der Waals surface area (Å²) in [5, 5.41) is 10.5. The Labute approximate surface area is 160 Å². The van der Waals surface area contributed by atoms with Crippen LogP contribution in [-0.4, -0.2) is 25.3 Å². The van der Waals surface area contributed by atoms with Gasteiger partial charge in [0, 0.05) is 19.7 Å². The Bertz CT molecular complexity index is 638. The van der Waals surface area contributed by atoms with E-state index in [0.717, 1.165) is 22.8 Å². The minimum Gasteiger partial charge on any atom is -0.497 e. The van der Waals surface area contributed by atoms with Gasteiger partial charge in [0.05, 0.1) is 19.3 Å². The van der Waals surface area contributed by atoms with E-state index in [9.17, 15) is 0 Å². The van der Waals surface area contributed by atoms with Crippen LogP contribution in [0.4, 0.5) is 0 Å². The van der Waals surface area contributed by atoms with Crippen molar-refractivity contribution in [1.82, 2.24) is 15.8 Å². The first-order chi connectivity index (χ1) is 11.1. The van der Waals surface area contributed by atoms with Gasteiger partial charge in [-0.3, -0.25) is 4.99 Å². The molecule has 1 aromatic carbocycles. The number of benzene rings is 1. The van der Waals surface area contributed by atoms with E-state index < -0.39 is 0 Å². The number of hydrogen-bond donors (Lipinski definition) is 2. The Morgan fingerprint density at radius 3 is 2.42 bits per heavy atom. The molecule has 0 unspecified atom stereocenters. The Morgan fingerprint density at radius 1 is 1.21 bits per heavy atom. The summed E-state index contributed by atoms with van der Waals surface area (Å²) >= 11 is 0. The van der Waals surface area contributed by atoms with Crippen molar-refractivity contribution in [2.24, 2.45) is 4.99 Å². The van der Waals surface area contributed by atoms with Gasteiger partial charge in [-0.15, -0.1) is 24.0 Å². The predicted molar refractivity (Wildman–Crippen MR) is 106 cm³/mol. The van der Waals surface area contributed by atoms with Crippen molar-refractivity contribution in [3.05, 3.63) is 47.3 Å². The maximum atomic E-state index is 5.30. The van der Waals surface area contributed by atoms with Gasteiger partial charge in [-0.25, -0.2) is 0 Å². The highest BCUT2D eigenvalue weighted by molar-refractivity contribution is 14.0. The minimum absolute atomic E-state index is 0. The van der Waals surface area contributed by atoms with Crippen LogP contribution in [0.2, 0.25) is 0 Å². The van der Waals surface area contributed by atoms with E-state index in [1.807, 2.05) is 30.3 Å². The van der Waals surface area contributed by atoms with Crippen LogP contribution < -0.4 is 15.4 Å². The number of nitrogens with zero attached hydrogens (tertiary/aromatic N) is 2. The molecular formula is C17H25IN4O2. The molecule has 0 spiro atoms. The first-order valence-corrected chi connectivity index (χ1v) is 7.65. The third-order valence-electron chi connectivity index (χ3n) is 3.44. The monoisotopic (exact) mass is 444 g/mol. The smallest absolute Gasteiger partial charge is 0.191 e. The van der Waals surface area contributed by atoms with E-state index in [1.165, 1.54) is 0 Å². The van der Waals surface area contributed by atoms with Gasteiger partial charge >= 0.3 is 0 Å².